The largest absolute Gasteiger partial charge is 0.353 e. The first-order chi connectivity index (χ1) is 9.06. The Morgan fingerprint density at radius 1 is 1.42 bits per heavy atom. The molecule has 0 atom stereocenters. The Hall–Kier alpha value is -1.55. The molecule has 1 aliphatic rings. The number of halogens is 1. The van der Waals surface area contributed by atoms with E-state index in [0.29, 0.717) is 24.0 Å². The van der Waals surface area contributed by atoms with Crippen molar-refractivity contribution in [3.63, 3.8) is 0 Å². The molecule has 0 spiro atoms. The lowest BCUT2D eigenvalue weighted by molar-refractivity contribution is -0.121. The summed E-state index contributed by atoms with van der Waals surface area (Å²) in [7, 11) is 0. The van der Waals surface area contributed by atoms with Crippen molar-refractivity contribution in [1.29, 1.82) is 0 Å². The maximum atomic E-state index is 11.7. The minimum atomic E-state index is -0.0958. The molecule has 0 aromatic heterocycles. The standard InChI is InChI=1S/C14H17ClN2O2/c1-10(18)17(13-4-2-3-11(15)9-13)8-7-14(19)16-12-5-6-12/h2-4,9,12H,5-8H2,1H3,(H,16,19). The summed E-state index contributed by atoms with van der Waals surface area (Å²) in [5.41, 5.74) is 0.722. The molecule has 1 aromatic rings. The molecule has 5 heteroatoms. The van der Waals surface area contributed by atoms with E-state index in [4.69, 9.17) is 11.6 Å². The van der Waals surface area contributed by atoms with Gasteiger partial charge in [0.15, 0.2) is 0 Å². The number of rotatable bonds is 5. The van der Waals surface area contributed by atoms with E-state index < -0.39 is 0 Å². The number of carbonyl (C=O) groups is 2. The zero-order valence-corrected chi connectivity index (χ0v) is 11.6. The molecule has 0 aliphatic heterocycles. The lowest BCUT2D eigenvalue weighted by atomic mass is 10.2. The van der Waals surface area contributed by atoms with Crippen molar-refractivity contribution in [2.75, 3.05) is 11.4 Å². The topological polar surface area (TPSA) is 49.4 Å². The quantitative estimate of drug-likeness (QED) is 0.900. The van der Waals surface area contributed by atoms with Crippen molar-refractivity contribution in [2.45, 2.75) is 32.2 Å². The summed E-state index contributed by atoms with van der Waals surface area (Å²) in [6.07, 6.45) is 2.44. The third kappa shape index (κ3) is 4.24. The molecule has 4 nitrogen and oxygen atoms in total. The van der Waals surface area contributed by atoms with Crippen LogP contribution < -0.4 is 10.2 Å². The number of hydrogen-bond donors (Lipinski definition) is 1. The number of nitrogens with zero attached hydrogens (tertiary/aromatic N) is 1. The van der Waals surface area contributed by atoms with Crippen molar-refractivity contribution in [2.24, 2.45) is 0 Å². The first kappa shape index (κ1) is 13.9. The first-order valence-corrected chi connectivity index (χ1v) is 6.77. The molecule has 2 amide bonds. The number of amides is 2. The number of anilines is 1. The van der Waals surface area contributed by atoms with Gasteiger partial charge in [0.2, 0.25) is 11.8 Å². The zero-order valence-electron chi connectivity index (χ0n) is 10.9. The van der Waals surface area contributed by atoms with Crippen molar-refractivity contribution in [1.82, 2.24) is 5.32 Å². The molecule has 2 rings (SSSR count). The van der Waals surface area contributed by atoms with E-state index >= 15 is 0 Å². The molecular weight excluding hydrogens is 264 g/mol. The number of hydrogen-bond acceptors (Lipinski definition) is 2. The molecule has 0 unspecified atom stereocenters. The predicted molar refractivity (Wildman–Crippen MR) is 75.3 cm³/mol. The molecule has 19 heavy (non-hydrogen) atoms. The smallest absolute Gasteiger partial charge is 0.223 e. The average molecular weight is 281 g/mol. The van der Waals surface area contributed by atoms with Crippen LogP contribution in [0.5, 0.6) is 0 Å². The minimum absolute atomic E-state index is 0.00391. The van der Waals surface area contributed by atoms with Crippen LogP contribution in [0.3, 0.4) is 0 Å². The van der Waals surface area contributed by atoms with Crippen molar-refractivity contribution in [3.8, 4) is 0 Å². The third-order valence-electron chi connectivity index (χ3n) is 3.00. The van der Waals surface area contributed by atoms with Crippen LogP contribution in [0.2, 0.25) is 5.02 Å². The molecule has 1 aliphatic carbocycles. The van der Waals surface area contributed by atoms with Crippen LogP contribution in [0.1, 0.15) is 26.2 Å². The van der Waals surface area contributed by atoms with Gasteiger partial charge in [0, 0.05) is 36.6 Å². The van der Waals surface area contributed by atoms with E-state index in [1.807, 2.05) is 6.07 Å². The minimum Gasteiger partial charge on any atom is -0.353 e. The molecule has 0 heterocycles. The zero-order chi connectivity index (χ0) is 13.8. The molecule has 0 saturated heterocycles. The van der Waals surface area contributed by atoms with Gasteiger partial charge in [-0.25, -0.2) is 0 Å². The fourth-order valence-corrected chi connectivity index (χ4v) is 2.04. The van der Waals surface area contributed by atoms with Crippen molar-refractivity contribution >= 4 is 29.1 Å². The Bertz CT molecular complexity index is 486. The highest BCUT2D eigenvalue weighted by molar-refractivity contribution is 6.30. The molecule has 0 radical (unpaired) electrons. The summed E-state index contributed by atoms with van der Waals surface area (Å²) in [6, 6.07) is 7.43. The summed E-state index contributed by atoms with van der Waals surface area (Å²) in [5, 5.41) is 3.48. The highest BCUT2D eigenvalue weighted by Gasteiger charge is 2.23. The predicted octanol–water partition coefficient (Wildman–Crippen LogP) is 2.36. The fourth-order valence-electron chi connectivity index (χ4n) is 1.85. The van der Waals surface area contributed by atoms with E-state index in [9.17, 15) is 9.59 Å². The molecule has 102 valence electrons. The molecular formula is C14H17ClN2O2. The van der Waals surface area contributed by atoms with Gasteiger partial charge < -0.3 is 10.2 Å². The molecule has 0 bridgehead atoms. The summed E-state index contributed by atoms with van der Waals surface area (Å²) in [5.74, 6) is -0.0998. The van der Waals surface area contributed by atoms with Gasteiger partial charge in [0.1, 0.15) is 0 Å². The van der Waals surface area contributed by atoms with Gasteiger partial charge in [-0.1, -0.05) is 17.7 Å². The van der Waals surface area contributed by atoms with Gasteiger partial charge in [0.25, 0.3) is 0 Å². The van der Waals surface area contributed by atoms with E-state index in [1.54, 1.807) is 23.1 Å². The van der Waals surface area contributed by atoms with Gasteiger partial charge in [-0.2, -0.15) is 0 Å². The number of benzene rings is 1. The van der Waals surface area contributed by atoms with Gasteiger partial charge in [-0.05, 0) is 31.0 Å². The van der Waals surface area contributed by atoms with Crippen molar-refractivity contribution < 1.29 is 9.59 Å². The average Bonchev–Trinajstić information content (AvgIpc) is 3.12. The molecule has 1 saturated carbocycles. The van der Waals surface area contributed by atoms with Gasteiger partial charge in [-0.15, -0.1) is 0 Å². The Balaban J connectivity index is 1.95. The van der Waals surface area contributed by atoms with Gasteiger partial charge in [-0.3, -0.25) is 9.59 Å². The van der Waals surface area contributed by atoms with Crippen LogP contribution in [0, 0.1) is 0 Å². The van der Waals surface area contributed by atoms with E-state index in [2.05, 4.69) is 5.32 Å². The highest BCUT2D eigenvalue weighted by atomic mass is 35.5. The third-order valence-corrected chi connectivity index (χ3v) is 3.24. The Labute approximate surface area is 117 Å². The Morgan fingerprint density at radius 3 is 2.74 bits per heavy atom. The summed E-state index contributed by atoms with van der Waals surface area (Å²) in [6.45, 7) is 1.86. The van der Waals surface area contributed by atoms with Crippen LogP contribution >= 0.6 is 11.6 Å². The second-order valence-electron chi connectivity index (χ2n) is 4.74. The number of nitrogens with one attached hydrogen (secondary N) is 1. The van der Waals surface area contributed by atoms with Crippen LogP contribution in [0.25, 0.3) is 0 Å². The normalized spacial score (nSPS) is 14.0. The Morgan fingerprint density at radius 2 is 2.16 bits per heavy atom. The number of carbonyl (C=O) groups excluding carboxylic acids is 2. The van der Waals surface area contributed by atoms with Crippen molar-refractivity contribution in [3.05, 3.63) is 29.3 Å². The SMILES string of the molecule is CC(=O)N(CCC(=O)NC1CC1)c1cccc(Cl)c1. The second kappa shape index (κ2) is 6.06. The van der Waals surface area contributed by atoms with Gasteiger partial charge >= 0.3 is 0 Å². The first-order valence-electron chi connectivity index (χ1n) is 6.39. The van der Waals surface area contributed by atoms with Crippen LogP contribution in [-0.2, 0) is 9.59 Å². The lowest BCUT2D eigenvalue weighted by Crippen LogP contribution is -2.34. The molecule has 1 N–H and O–H groups in total. The van der Waals surface area contributed by atoms with Crippen LogP contribution in [0.15, 0.2) is 24.3 Å². The lowest BCUT2D eigenvalue weighted by Gasteiger charge is -2.21. The molecule has 1 fully saturated rings. The van der Waals surface area contributed by atoms with Gasteiger partial charge in [0.05, 0.1) is 0 Å². The van der Waals surface area contributed by atoms with E-state index in [-0.39, 0.29) is 11.8 Å². The maximum Gasteiger partial charge on any atom is 0.223 e. The van der Waals surface area contributed by atoms with Crippen LogP contribution in [0.4, 0.5) is 5.69 Å². The van der Waals surface area contributed by atoms with Crippen LogP contribution in [-0.4, -0.2) is 24.4 Å². The second-order valence-corrected chi connectivity index (χ2v) is 5.18. The summed E-state index contributed by atoms with van der Waals surface area (Å²) >= 11 is 5.92. The maximum absolute atomic E-state index is 11.7. The van der Waals surface area contributed by atoms with E-state index in [1.165, 1.54) is 6.92 Å². The highest BCUT2D eigenvalue weighted by Crippen LogP contribution is 2.21. The van der Waals surface area contributed by atoms with E-state index in [0.717, 1.165) is 18.5 Å². The Kier molecular flexibility index (Phi) is 4.43. The molecule has 1 aromatic carbocycles. The summed E-state index contributed by atoms with van der Waals surface area (Å²) in [4.78, 5) is 24.9. The fraction of sp³-hybridized carbons (Fsp3) is 0.429. The summed E-state index contributed by atoms with van der Waals surface area (Å²) < 4.78 is 0. The monoisotopic (exact) mass is 280 g/mol.